The van der Waals surface area contributed by atoms with Crippen LogP contribution < -0.4 is 0 Å². The van der Waals surface area contributed by atoms with Gasteiger partial charge in [-0.25, -0.2) is 0 Å². The number of benzene rings is 1. The molecule has 0 N–H and O–H groups in total. The molecule has 0 heterocycles. The lowest BCUT2D eigenvalue weighted by Gasteiger charge is -2.37. The molecule has 2 aliphatic carbocycles. The van der Waals surface area contributed by atoms with E-state index < -0.39 is 11.7 Å². The van der Waals surface area contributed by atoms with Gasteiger partial charge in [-0.05, 0) is 97.7 Å². The van der Waals surface area contributed by atoms with Crippen molar-refractivity contribution in [1.29, 1.82) is 0 Å². The standard InChI is InChI=1S/C23H30BrF3/c24-16-15-19-5-11-21(12-6-19)20-9-3-17(4-10-20)1-2-18-7-13-22(14-8-18)23(25,26)27/h7-8,13-17,19-21H,1-6,9-12H2. The van der Waals surface area contributed by atoms with Gasteiger partial charge in [0.15, 0.2) is 0 Å². The van der Waals surface area contributed by atoms with Crippen LogP contribution >= 0.6 is 15.9 Å². The van der Waals surface area contributed by atoms with Crippen molar-refractivity contribution in [3.8, 4) is 0 Å². The molecule has 0 aliphatic heterocycles. The van der Waals surface area contributed by atoms with Crippen LogP contribution in [-0.2, 0) is 12.6 Å². The molecule has 0 bridgehead atoms. The highest BCUT2D eigenvalue weighted by atomic mass is 79.9. The Kier molecular flexibility index (Phi) is 7.47. The number of hydrogen-bond acceptors (Lipinski definition) is 0. The van der Waals surface area contributed by atoms with Crippen molar-refractivity contribution < 1.29 is 13.2 Å². The van der Waals surface area contributed by atoms with Crippen molar-refractivity contribution in [2.45, 2.75) is 70.4 Å². The van der Waals surface area contributed by atoms with Gasteiger partial charge in [0.25, 0.3) is 0 Å². The van der Waals surface area contributed by atoms with E-state index in [-0.39, 0.29) is 0 Å². The number of rotatable bonds is 5. The lowest BCUT2D eigenvalue weighted by Crippen LogP contribution is -2.25. The summed E-state index contributed by atoms with van der Waals surface area (Å²) in [6.45, 7) is 0. The van der Waals surface area contributed by atoms with E-state index in [1.54, 1.807) is 12.1 Å². The predicted octanol–water partition coefficient (Wildman–Crippen LogP) is 8.16. The van der Waals surface area contributed by atoms with Gasteiger partial charge in [-0.3, -0.25) is 0 Å². The van der Waals surface area contributed by atoms with Gasteiger partial charge in [-0.2, -0.15) is 13.2 Å². The second-order valence-electron chi connectivity index (χ2n) is 8.51. The van der Waals surface area contributed by atoms with Crippen LogP contribution in [0.2, 0.25) is 0 Å². The topological polar surface area (TPSA) is 0 Å². The van der Waals surface area contributed by atoms with Crippen molar-refractivity contribution in [3.05, 3.63) is 46.5 Å². The molecule has 0 nitrogen and oxygen atoms in total. The first-order valence-corrected chi connectivity index (χ1v) is 11.3. The van der Waals surface area contributed by atoms with Crippen molar-refractivity contribution in [2.24, 2.45) is 23.7 Å². The van der Waals surface area contributed by atoms with Crippen LogP contribution in [0.4, 0.5) is 13.2 Å². The van der Waals surface area contributed by atoms with Gasteiger partial charge < -0.3 is 0 Å². The molecule has 2 fully saturated rings. The third kappa shape index (κ3) is 6.10. The van der Waals surface area contributed by atoms with Crippen molar-refractivity contribution in [1.82, 2.24) is 0 Å². The third-order valence-electron chi connectivity index (χ3n) is 6.84. The molecular formula is C23H30BrF3. The number of alkyl halides is 3. The van der Waals surface area contributed by atoms with Gasteiger partial charge in [0.05, 0.1) is 5.56 Å². The van der Waals surface area contributed by atoms with Gasteiger partial charge in [0.2, 0.25) is 0 Å². The second-order valence-corrected chi connectivity index (χ2v) is 9.04. The van der Waals surface area contributed by atoms with Gasteiger partial charge in [-0.1, -0.05) is 47.0 Å². The zero-order valence-electron chi connectivity index (χ0n) is 15.9. The molecule has 0 aromatic heterocycles. The lowest BCUT2D eigenvalue weighted by atomic mass is 9.68. The van der Waals surface area contributed by atoms with Crippen LogP contribution in [0.5, 0.6) is 0 Å². The minimum Gasteiger partial charge on any atom is -0.166 e. The molecule has 0 radical (unpaired) electrons. The Morgan fingerprint density at radius 1 is 0.852 bits per heavy atom. The Morgan fingerprint density at radius 3 is 1.93 bits per heavy atom. The summed E-state index contributed by atoms with van der Waals surface area (Å²) in [4.78, 5) is 2.01. The van der Waals surface area contributed by atoms with E-state index in [9.17, 15) is 13.2 Å². The molecular weight excluding hydrogens is 413 g/mol. The Hall–Kier alpha value is -0.770. The molecule has 0 unspecified atom stereocenters. The zero-order chi connectivity index (χ0) is 19.3. The number of aryl methyl sites for hydroxylation is 1. The number of allylic oxidation sites excluding steroid dienone is 1. The van der Waals surface area contributed by atoms with Gasteiger partial charge in [-0.15, -0.1) is 0 Å². The summed E-state index contributed by atoms with van der Waals surface area (Å²) >= 11 is 3.40. The molecule has 27 heavy (non-hydrogen) atoms. The third-order valence-corrected chi connectivity index (χ3v) is 7.15. The number of hydrogen-bond donors (Lipinski definition) is 0. The first-order valence-electron chi connectivity index (χ1n) is 10.4. The first kappa shape index (κ1) is 21.0. The van der Waals surface area contributed by atoms with Crippen molar-refractivity contribution in [2.75, 3.05) is 0 Å². The Balaban J connectivity index is 1.38. The SMILES string of the molecule is FC(F)(F)c1ccc(CCC2CCC(C3CCC(C=CBr)CC3)CC2)cc1. The monoisotopic (exact) mass is 442 g/mol. The summed E-state index contributed by atoms with van der Waals surface area (Å²) in [7, 11) is 0. The van der Waals surface area contributed by atoms with Crippen molar-refractivity contribution in [3.63, 3.8) is 0 Å². The van der Waals surface area contributed by atoms with Crippen LogP contribution in [0.15, 0.2) is 35.3 Å². The van der Waals surface area contributed by atoms with Crippen LogP contribution in [0.25, 0.3) is 0 Å². The molecule has 3 rings (SSSR count). The van der Waals surface area contributed by atoms with Crippen LogP contribution in [0.1, 0.15) is 68.9 Å². The summed E-state index contributed by atoms with van der Waals surface area (Å²) in [5.74, 6) is 3.33. The van der Waals surface area contributed by atoms with Crippen LogP contribution in [-0.4, -0.2) is 0 Å². The maximum absolute atomic E-state index is 12.6. The zero-order valence-corrected chi connectivity index (χ0v) is 17.4. The molecule has 0 saturated heterocycles. The molecule has 0 amide bonds. The van der Waals surface area contributed by atoms with E-state index in [0.29, 0.717) is 0 Å². The van der Waals surface area contributed by atoms with Gasteiger partial charge in [0, 0.05) is 0 Å². The first-order chi connectivity index (χ1) is 13.0. The molecule has 2 saturated carbocycles. The Labute approximate surface area is 169 Å². The van der Waals surface area contributed by atoms with E-state index in [1.165, 1.54) is 63.5 Å². The highest BCUT2D eigenvalue weighted by Crippen LogP contribution is 2.42. The molecule has 0 atom stereocenters. The minimum absolute atomic E-state index is 0.548. The largest absolute Gasteiger partial charge is 0.416 e. The van der Waals surface area contributed by atoms with E-state index in [1.807, 2.05) is 4.99 Å². The molecule has 1 aromatic carbocycles. The van der Waals surface area contributed by atoms with E-state index >= 15 is 0 Å². The average molecular weight is 443 g/mol. The summed E-state index contributed by atoms with van der Waals surface area (Å²) in [5.41, 5.74) is 0.483. The molecule has 150 valence electrons. The molecule has 0 spiro atoms. The predicted molar refractivity (Wildman–Crippen MR) is 109 cm³/mol. The van der Waals surface area contributed by atoms with Gasteiger partial charge >= 0.3 is 6.18 Å². The van der Waals surface area contributed by atoms with E-state index in [2.05, 4.69) is 22.0 Å². The van der Waals surface area contributed by atoms with E-state index in [4.69, 9.17) is 0 Å². The fourth-order valence-electron chi connectivity index (χ4n) is 5.09. The molecule has 1 aromatic rings. The fraction of sp³-hybridized carbons (Fsp3) is 0.652. The fourth-order valence-corrected chi connectivity index (χ4v) is 5.52. The summed E-state index contributed by atoms with van der Waals surface area (Å²) in [6.07, 6.45) is 10.8. The summed E-state index contributed by atoms with van der Waals surface area (Å²) < 4.78 is 37.9. The maximum atomic E-state index is 12.6. The highest BCUT2D eigenvalue weighted by Gasteiger charge is 2.31. The molecule has 4 heteroatoms. The Bertz CT molecular complexity index is 589. The highest BCUT2D eigenvalue weighted by molar-refractivity contribution is 9.11. The number of halogens is 4. The normalized spacial score (nSPS) is 29.9. The Morgan fingerprint density at radius 2 is 1.41 bits per heavy atom. The minimum atomic E-state index is -4.24. The summed E-state index contributed by atoms with van der Waals surface area (Å²) in [5, 5.41) is 0. The average Bonchev–Trinajstić information content (AvgIpc) is 2.67. The smallest absolute Gasteiger partial charge is 0.166 e. The van der Waals surface area contributed by atoms with Crippen LogP contribution in [0.3, 0.4) is 0 Å². The quantitative estimate of drug-likeness (QED) is 0.431. The molecule has 2 aliphatic rings. The van der Waals surface area contributed by atoms with Crippen LogP contribution in [0, 0.1) is 23.7 Å². The maximum Gasteiger partial charge on any atom is 0.416 e. The summed E-state index contributed by atoms with van der Waals surface area (Å²) in [6, 6.07) is 5.73. The van der Waals surface area contributed by atoms with Gasteiger partial charge in [0.1, 0.15) is 0 Å². The lowest BCUT2D eigenvalue weighted by molar-refractivity contribution is -0.137. The second kappa shape index (κ2) is 9.62. The van der Waals surface area contributed by atoms with Crippen molar-refractivity contribution >= 4 is 15.9 Å². The van der Waals surface area contributed by atoms with E-state index in [0.717, 1.165) is 42.1 Å².